The Kier molecular flexibility index (Phi) is 3.50. The number of halogens is 1. The van der Waals surface area contributed by atoms with E-state index in [0.717, 1.165) is 25.0 Å². The van der Waals surface area contributed by atoms with Crippen LogP contribution in [0.5, 0.6) is 0 Å². The largest absolute Gasteiger partial charge is 0.327 e. The third-order valence-electron chi connectivity index (χ3n) is 3.23. The normalized spacial score (nSPS) is 18.3. The third-order valence-corrected chi connectivity index (χ3v) is 3.23. The third kappa shape index (κ3) is 2.21. The van der Waals surface area contributed by atoms with E-state index in [4.69, 9.17) is 5.73 Å². The summed E-state index contributed by atoms with van der Waals surface area (Å²) in [6, 6.07) is 10.6. The Balaban J connectivity index is 0.00000108. The molecule has 0 saturated heterocycles. The average Bonchev–Trinajstić information content (AvgIpc) is 2.73. The quantitative estimate of drug-likeness (QED) is 0.815. The Hall–Kier alpha value is -1.32. The van der Waals surface area contributed by atoms with Crippen LogP contribution in [0.4, 0.5) is 0 Å². The van der Waals surface area contributed by atoms with Crippen molar-refractivity contribution in [2.24, 2.45) is 5.73 Å². The molecule has 1 aromatic carbocycles. The first kappa shape index (κ1) is 12.1. The van der Waals surface area contributed by atoms with Crippen LogP contribution in [0.2, 0.25) is 0 Å². The lowest BCUT2D eigenvalue weighted by atomic mass is 9.90. The second-order valence-corrected chi connectivity index (χ2v) is 4.40. The molecule has 90 valence electrons. The number of nitrogens with zero attached hydrogens (tertiary/aromatic N) is 1. The number of fused-ring (bicyclic) bond motifs is 1. The van der Waals surface area contributed by atoms with Crippen LogP contribution >= 0.6 is 12.4 Å². The van der Waals surface area contributed by atoms with E-state index in [2.05, 4.69) is 22.3 Å². The Bertz CT molecular complexity index is 493. The summed E-state index contributed by atoms with van der Waals surface area (Å²) in [5.74, 6) is 0. The number of benzene rings is 1. The summed E-state index contributed by atoms with van der Waals surface area (Å²) in [7, 11) is 0. The highest BCUT2D eigenvalue weighted by Crippen LogP contribution is 2.28. The molecule has 3 N–H and O–H groups in total. The molecule has 1 aliphatic carbocycles. The zero-order chi connectivity index (χ0) is 11.0. The van der Waals surface area contributed by atoms with E-state index >= 15 is 0 Å². The van der Waals surface area contributed by atoms with Crippen LogP contribution < -0.4 is 5.73 Å². The summed E-state index contributed by atoms with van der Waals surface area (Å²) < 4.78 is 0. The number of aryl methyl sites for hydroxylation is 1. The summed E-state index contributed by atoms with van der Waals surface area (Å²) >= 11 is 0. The maximum absolute atomic E-state index is 6.01. The first-order valence-corrected chi connectivity index (χ1v) is 5.71. The van der Waals surface area contributed by atoms with Gasteiger partial charge in [0.05, 0.1) is 5.69 Å². The Labute approximate surface area is 107 Å². The first-order valence-electron chi connectivity index (χ1n) is 5.71. The van der Waals surface area contributed by atoms with Gasteiger partial charge in [-0.15, -0.1) is 12.4 Å². The maximum Gasteiger partial charge on any atom is 0.0956 e. The molecule has 1 unspecified atom stereocenters. The molecule has 1 heterocycles. The minimum absolute atomic E-state index is 0. The fourth-order valence-electron chi connectivity index (χ4n) is 2.36. The number of hydrogen-bond acceptors (Lipinski definition) is 2. The van der Waals surface area contributed by atoms with Gasteiger partial charge in [-0.05, 0) is 19.3 Å². The van der Waals surface area contributed by atoms with Gasteiger partial charge in [-0.25, -0.2) is 0 Å². The first-order chi connectivity index (χ1) is 7.84. The van der Waals surface area contributed by atoms with E-state index < -0.39 is 0 Å². The Morgan fingerprint density at radius 1 is 1.24 bits per heavy atom. The molecular formula is C13H16ClN3. The maximum atomic E-state index is 6.01. The molecule has 0 amide bonds. The van der Waals surface area contributed by atoms with E-state index in [0.29, 0.717) is 0 Å². The van der Waals surface area contributed by atoms with Crippen molar-refractivity contribution >= 4 is 12.4 Å². The number of hydrogen-bond donors (Lipinski definition) is 2. The van der Waals surface area contributed by atoms with Crippen molar-refractivity contribution in [1.82, 2.24) is 10.2 Å². The van der Waals surface area contributed by atoms with Gasteiger partial charge in [0.1, 0.15) is 0 Å². The van der Waals surface area contributed by atoms with Crippen molar-refractivity contribution in [3.63, 3.8) is 0 Å². The predicted molar refractivity (Wildman–Crippen MR) is 71.3 cm³/mol. The molecule has 2 aromatic rings. The number of nitrogens with one attached hydrogen (secondary N) is 1. The molecule has 0 fully saturated rings. The van der Waals surface area contributed by atoms with Crippen LogP contribution in [0, 0.1) is 0 Å². The van der Waals surface area contributed by atoms with Crippen molar-refractivity contribution in [2.75, 3.05) is 0 Å². The van der Waals surface area contributed by atoms with Gasteiger partial charge in [0.2, 0.25) is 0 Å². The Morgan fingerprint density at radius 3 is 2.76 bits per heavy atom. The average molecular weight is 250 g/mol. The SMILES string of the molecule is Cl.NC1CCc2[nH]nc(-c3ccccc3)c2C1. The van der Waals surface area contributed by atoms with Crippen molar-refractivity contribution in [2.45, 2.75) is 25.3 Å². The molecule has 1 aromatic heterocycles. The zero-order valence-corrected chi connectivity index (χ0v) is 10.3. The lowest BCUT2D eigenvalue weighted by molar-refractivity contribution is 0.572. The summed E-state index contributed by atoms with van der Waals surface area (Å²) in [5, 5.41) is 7.56. The van der Waals surface area contributed by atoms with Crippen molar-refractivity contribution in [1.29, 1.82) is 0 Å². The fourth-order valence-corrected chi connectivity index (χ4v) is 2.36. The molecule has 1 aliphatic rings. The summed E-state index contributed by atoms with van der Waals surface area (Å²) in [6.45, 7) is 0. The minimum atomic E-state index is 0. The molecule has 0 bridgehead atoms. The van der Waals surface area contributed by atoms with E-state index in [1.807, 2.05) is 18.2 Å². The number of rotatable bonds is 1. The van der Waals surface area contributed by atoms with Crippen LogP contribution in [-0.4, -0.2) is 16.2 Å². The molecule has 17 heavy (non-hydrogen) atoms. The minimum Gasteiger partial charge on any atom is -0.327 e. The van der Waals surface area contributed by atoms with Crippen LogP contribution in [0.25, 0.3) is 11.3 Å². The number of aromatic amines is 1. The van der Waals surface area contributed by atoms with E-state index in [-0.39, 0.29) is 18.4 Å². The summed E-state index contributed by atoms with van der Waals surface area (Å²) in [6.07, 6.45) is 3.02. The molecule has 0 spiro atoms. The van der Waals surface area contributed by atoms with Gasteiger partial charge in [0, 0.05) is 22.9 Å². The topological polar surface area (TPSA) is 54.7 Å². The second-order valence-electron chi connectivity index (χ2n) is 4.40. The molecular weight excluding hydrogens is 234 g/mol. The van der Waals surface area contributed by atoms with Crippen LogP contribution in [0.3, 0.4) is 0 Å². The summed E-state index contributed by atoms with van der Waals surface area (Å²) in [4.78, 5) is 0. The van der Waals surface area contributed by atoms with Gasteiger partial charge in [0.25, 0.3) is 0 Å². The molecule has 3 rings (SSSR count). The summed E-state index contributed by atoms with van der Waals surface area (Å²) in [5.41, 5.74) is 10.8. The van der Waals surface area contributed by atoms with E-state index in [1.54, 1.807) is 0 Å². The van der Waals surface area contributed by atoms with Gasteiger partial charge >= 0.3 is 0 Å². The van der Waals surface area contributed by atoms with Gasteiger partial charge in [0.15, 0.2) is 0 Å². The lowest BCUT2D eigenvalue weighted by Crippen LogP contribution is -2.27. The van der Waals surface area contributed by atoms with Gasteiger partial charge in [-0.2, -0.15) is 5.10 Å². The van der Waals surface area contributed by atoms with Gasteiger partial charge < -0.3 is 5.73 Å². The van der Waals surface area contributed by atoms with E-state index in [9.17, 15) is 0 Å². The smallest absolute Gasteiger partial charge is 0.0956 e. The second kappa shape index (κ2) is 4.90. The van der Waals surface area contributed by atoms with Crippen LogP contribution in [0.1, 0.15) is 17.7 Å². The van der Waals surface area contributed by atoms with Crippen molar-refractivity contribution in [3.05, 3.63) is 41.6 Å². The molecule has 0 aliphatic heterocycles. The fraction of sp³-hybridized carbons (Fsp3) is 0.308. The molecule has 0 radical (unpaired) electrons. The molecule has 4 heteroatoms. The number of H-pyrrole nitrogens is 1. The van der Waals surface area contributed by atoms with E-state index in [1.165, 1.54) is 16.8 Å². The lowest BCUT2D eigenvalue weighted by Gasteiger charge is -2.18. The highest BCUT2D eigenvalue weighted by Gasteiger charge is 2.21. The predicted octanol–water partition coefficient (Wildman–Crippen LogP) is 2.31. The zero-order valence-electron chi connectivity index (χ0n) is 9.52. The molecule has 0 saturated carbocycles. The van der Waals surface area contributed by atoms with Crippen LogP contribution in [-0.2, 0) is 12.8 Å². The van der Waals surface area contributed by atoms with Crippen molar-refractivity contribution in [3.8, 4) is 11.3 Å². The van der Waals surface area contributed by atoms with Gasteiger partial charge in [-0.1, -0.05) is 30.3 Å². The monoisotopic (exact) mass is 249 g/mol. The van der Waals surface area contributed by atoms with Crippen LogP contribution in [0.15, 0.2) is 30.3 Å². The van der Waals surface area contributed by atoms with Gasteiger partial charge in [-0.3, -0.25) is 5.10 Å². The standard InChI is InChI=1S/C13H15N3.ClH/c14-10-6-7-12-11(8-10)13(16-15-12)9-4-2-1-3-5-9;/h1-5,10H,6-8,14H2,(H,15,16);1H. The number of aromatic nitrogens is 2. The molecule has 1 atom stereocenters. The highest BCUT2D eigenvalue weighted by molar-refractivity contribution is 5.85. The Morgan fingerprint density at radius 2 is 2.00 bits per heavy atom. The highest BCUT2D eigenvalue weighted by atomic mass is 35.5. The van der Waals surface area contributed by atoms with Crippen molar-refractivity contribution < 1.29 is 0 Å². The molecule has 3 nitrogen and oxygen atoms in total. The number of nitrogens with two attached hydrogens (primary N) is 1.